The number of hydrogen-bond donors (Lipinski definition) is 1. The molecule has 0 aliphatic rings. The molecule has 0 amide bonds. The van der Waals surface area contributed by atoms with E-state index in [-0.39, 0.29) is 17.1 Å². The van der Waals surface area contributed by atoms with Gasteiger partial charge in [0.25, 0.3) is 0 Å². The smallest absolute Gasteiger partial charge is 0.333 e. The van der Waals surface area contributed by atoms with Crippen LogP contribution in [0.5, 0.6) is 5.75 Å². The molecule has 0 fully saturated rings. The van der Waals surface area contributed by atoms with Crippen molar-refractivity contribution in [1.82, 2.24) is 0 Å². The Kier molecular flexibility index (Phi) is 6.62. The number of nitrogens with two attached hydrogens (primary N) is 1. The van der Waals surface area contributed by atoms with Gasteiger partial charge in [0.1, 0.15) is 5.69 Å². The number of para-hydroxylation sites is 1. The lowest BCUT2D eigenvalue weighted by atomic mass is 10.2. The first-order valence-corrected chi connectivity index (χ1v) is 5.89. The fourth-order valence-electron chi connectivity index (χ4n) is 1.44. The Morgan fingerprint density at radius 3 is 2.74 bits per heavy atom. The van der Waals surface area contributed by atoms with Gasteiger partial charge in [0.15, 0.2) is 5.75 Å². The van der Waals surface area contributed by atoms with Crippen LogP contribution in [0.4, 0.5) is 11.4 Å². The molecule has 0 bridgehead atoms. The molecule has 1 rings (SSSR count). The minimum atomic E-state index is -0.542. The van der Waals surface area contributed by atoms with E-state index in [9.17, 15) is 10.1 Å². The maximum absolute atomic E-state index is 10.9. The van der Waals surface area contributed by atoms with E-state index in [1.165, 1.54) is 12.1 Å². The summed E-state index contributed by atoms with van der Waals surface area (Å²) in [7, 11) is 1.60. The topological polar surface area (TPSA) is 96.8 Å². The Morgan fingerprint density at radius 1 is 1.26 bits per heavy atom. The molecule has 7 heteroatoms. The molecule has 0 aliphatic heterocycles. The van der Waals surface area contributed by atoms with Gasteiger partial charge in [-0.15, -0.1) is 0 Å². The molecule has 1 aromatic rings. The highest BCUT2D eigenvalue weighted by atomic mass is 16.6. The third-order valence-electron chi connectivity index (χ3n) is 2.34. The zero-order valence-corrected chi connectivity index (χ0v) is 10.8. The van der Waals surface area contributed by atoms with Crippen LogP contribution in [-0.2, 0) is 9.47 Å². The Bertz CT molecular complexity index is 411. The first kappa shape index (κ1) is 15.2. The van der Waals surface area contributed by atoms with Gasteiger partial charge in [-0.1, -0.05) is 6.07 Å². The summed E-state index contributed by atoms with van der Waals surface area (Å²) in [5.74, 6) is 0.182. The highest BCUT2D eigenvalue weighted by Crippen LogP contribution is 2.32. The summed E-state index contributed by atoms with van der Waals surface area (Å²) < 4.78 is 15.4. The van der Waals surface area contributed by atoms with Crippen LogP contribution in [0.1, 0.15) is 6.42 Å². The van der Waals surface area contributed by atoms with Crippen LogP contribution < -0.4 is 10.5 Å². The van der Waals surface area contributed by atoms with Crippen LogP contribution in [-0.4, -0.2) is 38.5 Å². The Labute approximate surface area is 111 Å². The van der Waals surface area contributed by atoms with Crippen molar-refractivity contribution in [2.45, 2.75) is 6.42 Å². The van der Waals surface area contributed by atoms with E-state index in [1.54, 1.807) is 13.2 Å². The second-order valence-electron chi connectivity index (χ2n) is 3.76. The molecule has 0 unspecified atom stereocenters. The van der Waals surface area contributed by atoms with Gasteiger partial charge in [-0.3, -0.25) is 10.1 Å². The predicted octanol–water partition coefficient (Wildman–Crippen LogP) is 1.61. The number of nitro groups is 1. The Balaban J connectivity index is 2.37. The number of rotatable bonds is 9. The van der Waals surface area contributed by atoms with Crippen molar-refractivity contribution in [1.29, 1.82) is 0 Å². The molecular formula is C12H18N2O5. The SMILES string of the molecule is COCCOCCCOc1cccc(N)c1[N+](=O)[O-]. The van der Waals surface area contributed by atoms with Gasteiger partial charge >= 0.3 is 5.69 Å². The number of nitro benzene ring substituents is 1. The number of methoxy groups -OCH3 is 1. The normalized spacial score (nSPS) is 10.4. The number of hydrogen-bond acceptors (Lipinski definition) is 6. The molecule has 106 valence electrons. The van der Waals surface area contributed by atoms with Crippen LogP contribution in [0.15, 0.2) is 18.2 Å². The summed E-state index contributed by atoms with van der Waals surface area (Å²) in [6.07, 6.45) is 0.635. The summed E-state index contributed by atoms with van der Waals surface area (Å²) in [5, 5.41) is 10.9. The lowest BCUT2D eigenvalue weighted by Gasteiger charge is -2.08. The van der Waals surface area contributed by atoms with E-state index in [2.05, 4.69) is 0 Å². The molecule has 0 saturated carbocycles. The minimum Gasteiger partial charge on any atom is -0.487 e. The molecule has 0 saturated heterocycles. The van der Waals surface area contributed by atoms with Gasteiger partial charge in [-0.2, -0.15) is 0 Å². The number of ether oxygens (including phenoxy) is 3. The van der Waals surface area contributed by atoms with E-state index >= 15 is 0 Å². The van der Waals surface area contributed by atoms with E-state index in [0.29, 0.717) is 32.8 Å². The zero-order chi connectivity index (χ0) is 14.1. The second kappa shape index (κ2) is 8.28. The van der Waals surface area contributed by atoms with E-state index < -0.39 is 4.92 Å². The lowest BCUT2D eigenvalue weighted by Crippen LogP contribution is -2.08. The quantitative estimate of drug-likeness (QED) is 0.317. The summed E-state index contributed by atoms with van der Waals surface area (Å²) in [6, 6.07) is 4.62. The van der Waals surface area contributed by atoms with Crippen molar-refractivity contribution in [2.75, 3.05) is 39.3 Å². The molecule has 19 heavy (non-hydrogen) atoms. The molecule has 0 aromatic heterocycles. The molecule has 0 radical (unpaired) electrons. The van der Waals surface area contributed by atoms with Gasteiger partial charge in [0, 0.05) is 20.1 Å². The average molecular weight is 270 g/mol. The molecule has 1 aromatic carbocycles. The van der Waals surface area contributed by atoms with E-state index in [1.807, 2.05) is 0 Å². The summed E-state index contributed by atoms with van der Waals surface area (Å²) in [4.78, 5) is 10.3. The molecular weight excluding hydrogens is 252 g/mol. The minimum absolute atomic E-state index is 0.0962. The Morgan fingerprint density at radius 2 is 2.05 bits per heavy atom. The summed E-state index contributed by atoms with van der Waals surface area (Å²) in [6.45, 7) is 1.91. The maximum Gasteiger partial charge on any atom is 0.333 e. The number of anilines is 1. The summed E-state index contributed by atoms with van der Waals surface area (Å²) in [5.41, 5.74) is 5.45. The standard InChI is InChI=1S/C12H18N2O5/c1-17-8-9-18-6-3-7-19-11-5-2-4-10(13)12(11)14(15)16/h2,4-5H,3,6-9,13H2,1H3. The first-order valence-electron chi connectivity index (χ1n) is 5.89. The average Bonchev–Trinajstić information content (AvgIpc) is 2.37. The summed E-state index contributed by atoms with van der Waals surface area (Å²) >= 11 is 0. The number of nitrogens with zero attached hydrogens (tertiary/aromatic N) is 1. The van der Waals surface area contributed by atoms with Crippen LogP contribution in [0, 0.1) is 10.1 Å². The second-order valence-corrected chi connectivity index (χ2v) is 3.76. The molecule has 2 N–H and O–H groups in total. The zero-order valence-electron chi connectivity index (χ0n) is 10.8. The molecule has 0 spiro atoms. The first-order chi connectivity index (χ1) is 9.16. The maximum atomic E-state index is 10.9. The number of benzene rings is 1. The molecule has 0 heterocycles. The third kappa shape index (κ3) is 5.11. The van der Waals surface area contributed by atoms with Crippen molar-refractivity contribution in [3.63, 3.8) is 0 Å². The fourth-order valence-corrected chi connectivity index (χ4v) is 1.44. The molecule has 0 aliphatic carbocycles. The Hall–Kier alpha value is -1.86. The van der Waals surface area contributed by atoms with Crippen LogP contribution in [0.2, 0.25) is 0 Å². The monoisotopic (exact) mass is 270 g/mol. The van der Waals surface area contributed by atoms with E-state index in [0.717, 1.165) is 0 Å². The highest BCUT2D eigenvalue weighted by Gasteiger charge is 2.18. The number of nitrogen functional groups attached to an aromatic ring is 1. The van der Waals surface area contributed by atoms with Crippen molar-refractivity contribution >= 4 is 11.4 Å². The van der Waals surface area contributed by atoms with E-state index in [4.69, 9.17) is 19.9 Å². The largest absolute Gasteiger partial charge is 0.487 e. The highest BCUT2D eigenvalue weighted by molar-refractivity contribution is 5.65. The fraction of sp³-hybridized carbons (Fsp3) is 0.500. The predicted molar refractivity (Wildman–Crippen MR) is 70.3 cm³/mol. The van der Waals surface area contributed by atoms with Crippen LogP contribution in [0.25, 0.3) is 0 Å². The van der Waals surface area contributed by atoms with Crippen molar-refractivity contribution in [3.05, 3.63) is 28.3 Å². The van der Waals surface area contributed by atoms with Crippen LogP contribution >= 0.6 is 0 Å². The molecule has 7 nitrogen and oxygen atoms in total. The van der Waals surface area contributed by atoms with Crippen molar-refractivity contribution in [2.24, 2.45) is 0 Å². The van der Waals surface area contributed by atoms with Gasteiger partial charge < -0.3 is 19.9 Å². The van der Waals surface area contributed by atoms with Crippen molar-refractivity contribution in [3.8, 4) is 5.75 Å². The van der Waals surface area contributed by atoms with Gasteiger partial charge in [0.2, 0.25) is 0 Å². The van der Waals surface area contributed by atoms with Gasteiger partial charge in [-0.05, 0) is 12.1 Å². The van der Waals surface area contributed by atoms with Gasteiger partial charge in [-0.25, -0.2) is 0 Å². The van der Waals surface area contributed by atoms with Crippen molar-refractivity contribution < 1.29 is 19.1 Å². The lowest BCUT2D eigenvalue weighted by molar-refractivity contribution is -0.384. The van der Waals surface area contributed by atoms with Gasteiger partial charge in [0.05, 0.1) is 24.7 Å². The third-order valence-corrected chi connectivity index (χ3v) is 2.34. The van der Waals surface area contributed by atoms with Crippen LogP contribution in [0.3, 0.4) is 0 Å². The molecule has 0 atom stereocenters.